The number of carbonyl (C=O) groups excluding carboxylic acids is 3. The third kappa shape index (κ3) is 4.71. The van der Waals surface area contributed by atoms with Crippen molar-refractivity contribution in [3.05, 3.63) is 29.3 Å². The van der Waals surface area contributed by atoms with Gasteiger partial charge >= 0.3 is 0 Å². The molecule has 0 spiro atoms. The number of nitrogens with zero attached hydrogens (tertiary/aromatic N) is 1. The lowest BCUT2D eigenvalue weighted by molar-refractivity contribution is -0.126. The molecule has 0 radical (unpaired) electrons. The number of nitrogens with one attached hydrogen (secondary N) is 2. The Kier molecular flexibility index (Phi) is 6.20. The molecule has 0 unspecified atom stereocenters. The van der Waals surface area contributed by atoms with Crippen molar-refractivity contribution in [2.45, 2.75) is 20.3 Å². The molecule has 0 bridgehead atoms. The summed E-state index contributed by atoms with van der Waals surface area (Å²) in [4.78, 5) is 37.3. The van der Waals surface area contributed by atoms with Crippen LogP contribution < -0.4 is 15.5 Å². The van der Waals surface area contributed by atoms with Crippen LogP contribution in [0, 0.1) is 11.8 Å². The van der Waals surface area contributed by atoms with Gasteiger partial charge in [-0.15, -0.1) is 0 Å². The summed E-state index contributed by atoms with van der Waals surface area (Å²) in [6, 6.07) is 7.02. The van der Waals surface area contributed by atoms with Crippen LogP contribution in [0.4, 0.5) is 5.69 Å². The maximum atomic E-state index is 12.2. The van der Waals surface area contributed by atoms with E-state index in [1.54, 1.807) is 29.2 Å². The number of carbonyl (C=O) groups is 3. The number of benzene rings is 1. The average molecular weight is 352 g/mol. The normalized spacial score (nSPS) is 17.2. The second kappa shape index (κ2) is 8.15. The van der Waals surface area contributed by atoms with E-state index >= 15 is 0 Å². The predicted molar refractivity (Wildman–Crippen MR) is 92.8 cm³/mol. The minimum Gasteiger partial charge on any atom is -0.354 e. The molecule has 1 fully saturated rings. The SMILES string of the molecule is CC(C)C(=O)NCCNC(=O)[C@@H]1CC(=O)N(c2cccc(Cl)c2)C1. The molecule has 1 saturated heterocycles. The third-order valence-electron chi connectivity index (χ3n) is 3.86. The summed E-state index contributed by atoms with van der Waals surface area (Å²) in [6.07, 6.45) is 0.177. The Labute approximate surface area is 146 Å². The Bertz CT molecular complexity index is 633. The van der Waals surface area contributed by atoms with E-state index in [1.807, 2.05) is 13.8 Å². The molecule has 3 amide bonds. The van der Waals surface area contributed by atoms with Gasteiger partial charge in [0.25, 0.3) is 0 Å². The van der Waals surface area contributed by atoms with Crippen LogP contribution in [0.1, 0.15) is 20.3 Å². The Morgan fingerprint density at radius 3 is 2.67 bits per heavy atom. The Morgan fingerprint density at radius 2 is 2.00 bits per heavy atom. The molecule has 1 aliphatic heterocycles. The van der Waals surface area contributed by atoms with Gasteiger partial charge < -0.3 is 15.5 Å². The van der Waals surface area contributed by atoms with Crippen molar-refractivity contribution >= 4 is 35.0 Å². The van der Waals surface area contributed by atoms with E-state index in [1.165, 1.54) is 0 Å². The molecule has 0 aromatic heterocycles. The van der Waals surface area contributed by atoms with E-state index in [0.29, 0.717) is 30.3 Å². The Hall–Kier alpha value is -2.08. The van der Waals surface area contributed by atoms with Crippen LogP contribution in [0.3, 0.4) is 0 Å². The number of anilines is 1. The molecule has 1 heterocycles. The van der Waals surface area contributed by atoms with Crippen molar-refractivity contribution in [2.75, 3.05) is 24.5 Å². The lowest BCUT2D eigenvalue weighted by Crippen LogP contribution is -2.39. The largest absolute Gasteiger partial charge is 0.354 e. The predicted octanol–water partition coefficient (Wildman–Crippen LogP) is 1.58. The van der Waals surface area contributed by atoms with Crippen molar-refractivity contribution in [1.29, 1.82) is 0 Å². The minimum absolute atomic E-state index is 0.0487. The van der Waals surface area contributed by atoms with Gasteiger partial charge in [-0.05, 0) is 18.2 Å². The summed E-state index contributed by atoms with van der Waals surface area (Å²) >= 11 is 5.95. The molecule has 2 rings (SSSR count). The summed E-state index contributed by atoms with van der Waals surface area (Å²) < 4.78 is 0. The summed E-state index contributed by atoms with van der Waals surface area (Å²) in [5.41, 5.74) is 0.701. The first-order chi connectivity index (χ1) is 11.4. The van der Waals surface area contributed by atoms with Gasteiger partial charge in [-0.1, -0.05) is 31.5 Å². The van der Waals surface area contributed by atoms with Crippen molar-refractivity contribution in [2.24, 2.45) is 11.8 Å². The van der Waals surface area contributed by atoms with Crippen LogP contribution in [-0.4, -0.2) is 37.4 Å². The monoisotopic (exact) mass is 351 g/mol. The second-order valence-corrected chi connectivity index (χ2v) is 6.56. The molecule has 6 nitrogen and oxygen atoms in total. The first-order valence-corrected chi connectivity index (χ1v) is 8.37. The highest BCUT2D eigenvalue weighted by Gasteiger charge is 2.34. The molecule has 7 heteroatoms. The van der Waals surface area contributed by atoms with Crippen LogP contribution in [0.15, 0.2) is 24.3 Å². The molecule has 1 aromatic carbocycles. The number of amides is 3. The number of hydrogen-bond donors (Lipinski definition) is 2. The molecule has 1 aromatic rings. The molecular formula is C17H22ClN3O3. The van der Waals surface area contributed by atoms with Crippen LogP contribution in [0.5, 0.6) is 0 Å². The van der Waals surface area contributed by atoms with Crippen LogP contribution in [-0.2, 0) is 14.4 Å². The molecule has 1 aliphatic rings. The van der Waals surface area contributed by atoms with Crippen molar-refractivity contribution in [1.82, 2.24) is 10.6 Å². The highest BCUT2D eigenvalue weighted by atomic mass is 35.5. The summed E-state index contributed by atoms with van der Waals surface area (Å²) in [7, 11) is 0. The fourth-order valence-electron chi connectivity index (χ4n) is 2.50. The molecule has 1 atom stereocenters. The van der Waals surface area contributed by atoms with E-state index in [9.17, 15) is 14.4 Å². The molecule has 2 N–H and O–H groups in total. The van der Waals surface area contributed by atoms with Gasteiger partial charge in [-0.3, -0.25) is 14.4 Å². The Morgan fingerprint density at radius 1 is 1.29 bits per heavy atom. The molecule has 130 valence electrons. The van der Waals surface area contributed by atoms with Gasteiger partial charge in [0.2, 0.25) is 17.7 Å². The zero-order chi connectivity index (χ0) is 17.7. The zero-order valence-electron chi connectivity index (χ0n) is 13.8. The van der Waals surface area contributed by atoms with E-state index in [0.717, 1.165) is 0 Å². The van der Waals surface area contributed by atoms with Gasteiger partial charge in [0.15, 0.2) is 0 Å². The highest BCUT2D eigenvalue weighted by molar-refractivity contribution is 6.31. The van der Waals surface area contributed by atoms with Gasteiger partial charge in [0.1, 0.15) is 0 Å². The smallest absolute Gasteiger partial charge is 0.227 e. The average Bonchev–Trinajstić information content (AvgIpc) is 2.93. The lowest BCUT2D eigenvalue weighted by Gasteiger charge is -2.17. The third-order valence-corrected chi connectivity index (χ3v) is 4.10. The standard InChI is InChI=1S/C17H22ClN3O3/c1-11(2)16(23)19-6-7-20-17(24)12-8-15(22)21(10-12)14-5-3-4-13(18)9-14/h3-5,9,11-12H,6-8,10H2,1-2H3,(H,19,23)(H,20,24)/t12-/m1/s1. The van der Waals surface area contributed by atoms with E-state index in [-0.39, 0.29) is 30.1 Å². The fourth-order valence-corrected chi connectivity index (χ4v) is 2.68. The summed E-state index contributed by atoms with van der Waals surface area (Å²) in [6.45, 7) is 4.68. The fraction of sp³-hybridized carbons (Fsp3) is 0.471. The van der Waals surface area contributed by atoms with Crippen molar-refractivity contribution < 1.29 is 14.4 Å². The maximum Gasteiger partial charge on any atom is 0.227 e. The molecule has 0 saturated carbocycles. The lowest BCUT2D eigenvalue weighted by atomic mass is 10.1. The topological polar surface area (TPSA) is 78.5 Å². The molecular weight excluding hydrogens is 330 g/mol. The second-order valence-electron chi connectivity index (χ2n) is 6.12. The number of hydrogen-bond acceptors (Lipinski definition) is 3. The van der Waals surface area contributed by atoms with Crippen molar-refractivity contribution in [3.63, 3.8) is 0 Å². The number of rotatable bonds is 6. The summed E-state index contributed by atoms with van der Waals surface area (Å²) in [5, 5.41) is 6.05. The minimum atomic E-state index is -0.391. The van der Waals surface area contributed by atoms with Crippen molar-refractivity contribution in [3.8, 4) is 0 Å². The van der Waals surface area contributed by atoms with E-state index < -0.39 is 5.92 Å². The molecule has 0 aliphatic carbocycles. The van der Waals surface area contributed by atoms with Gasteiger partial charge in [0.05, 0.1) is 5.92 Å². The maximum absolute atomic E-state index is 12.2. The van der Waals surface area contributed by atoms with Gasteiger partial charge in [-0.25, -0.2) is 0 Å². The van der Waals surface area contributed by atoms with E-state index in [4.69, 9.17) is 11.6 Å². The van der Waals surface area contributed by atoms with Gasteiger partial charge in [-0.2, -0.15) is 0 Å². The first kappa shape index (κ1) is 18.3. The first-order valence-electron chi connectivity index (χ1n) is 8.00. The quantitative estimate of drug-likeness (QED) is 0.764. The Balaban J connectivity index is 1.82. The number of halogens is 1. The van der Waals surface area contributed by atoms with E-state index in [2.05, 4.69) is 10.6 Å². The molecule has 24 heavy (non-hydrogen) atoms. The zero-order valence-corrected chi connectivity index (χ0v) is 14.6. The van der Waals surface area contributed by atoms with Gasteiger partial charge in [0, 0.05) is 42.7 Å². The highest BCUT2D eigenvalue weighted by Crippen LogP contribution is 2.27. The van der Waals surface area contributed by atoms with Crippen LogP contribution in [0.2, 0.25) is 5.02 Å². The summed E-state index contributed by atoms with van der Waals surface area (Å²) in [5.74, 6) is -0.790. The van der Waals surface area contributed by atoms with Crippen LogP contribution in [0.25, 0.3) is 0 Å². The van der Waals surface area contributed by atoms with Crippen LogP contribution >= 0.6 is 11.6 Å².